The highest BCUT2D eigenvalue weighted by molar-refractivity contribution is 5.95. The van der Waals surface area contributed by atoms with E-state index in [0.717, 1.165) is 18.2 Å². The van der Waals surface area contributed by atoms with Crippen molar-refractivity contribution in [3.63, 3.8) is 0 Å². The van der Waals surface area contributed by atoms with E-state index in [-0.39, 0.29) is 18.0 Å². The van der Waals surface area contributed by atoms with E-state index < -0.39 is 17.6 Å². The summed E-state index contributed by atoms with van der Waals surface area (Å²) in [7, 11) is 0. The zero-order valence-electron chi connectivity index (χ0n) is 15.5. The minimum absolute atomic E-state index is 0.0765. The van der Waals surface area contributed by atoms with E-state index in [1.807, 2.05) is 0 Å². The molecule has 0 radical (unpaired) electrons. The lowest BCUT2D eigenvalue weighted by Crippen LogP contribution is -2.18. The number of nitrogens with zero attached hydrogens (tertiary/aromatic N) is 1. The molecule has 30 heavy (non-hydrogen) atoms. The molecule has 3 rings (SSSR count). The molecule has 0 saturated carbocycles. The highest BCUT2D eigenvalue weighted by Crippen LogP contribution is 2.29. The monoisotopic (exact) mass is 416 g/mol. The number of carbonyl (C=O) groups excluding carboxylic acids is 1. The van der Waals surface area contributed by atoms with Crippen molar-refractivity contribution >= 4 is 12.1 Å². The summed E-state index contributed by atoms with van der Waals surface area (Å²) in [6.07, 6.45) is -3.19. The molecule has 0 aliphatic rings. The molecule has 1 amide bonds. The third kappa shape index (κ3) is 5.66. The van der Waals surface area contributed by atoms with Crippen LogP contribution in [0.2, 0.25) is 0 Å². The average Bonchev–Trinajstić information content (AvgIpc) is 2.73. The Labute approximate surface area is 169 Å². The zero-order chi connectivity index (χ0) is 21.6. The summed E-state index contributed by atoms with van der Waals surface area (Å²) in [6.45, 7) is 0.0765. The maximum absolute atomic E-state index is 13.6. The van der Waals surface area contributed by atoms with E-state index in [1.165, 1.54) is 18.3 Å². The van der Waals surface area contributed by atoms with Crippen molar-refractivity contribution in [2.24, 2.45) is 5.10 Å². The van der Waals surface area contributed by atoms with Crippen LogP contribution in [0.4, 0.5) is 17.6 Å². The Kier molecular flexibility index (Phi) is 6.46. The molecule has 0 aliphatic carbocycles. The predicted octanol–water partition coefficient (Wildman–Crippen LogP) is 5.19. The van der Waals surface area contributed by atoms with Crippen molar-refractivity contribution in [2.45, 2.75) is 12.8 Å². The van der Waals surface area contributed by atoms with Crippen LogP contribution >= 0.6 is 0 Å². The van der Waals surface area contributed by atoms with Gasteiger partial charge in [0.05, 0.1) is 11.8 Å². The Morgan fingerprint density at radius 1 is 1.00 bits per heavy atom. The van der Waals surface area contributed by atoms with Gasteiger partial charge in [0.15, 0.2) is 0 Å². The van der Waals surface area contributed by atoms with Crippen LogP contribution in [-0.2, 0) is 12.8 Å². The van der Waals surface area contributed by atoms with Gasteiger partial charge in [-0.15, -0.1) is 0 Å². The summed E-state index contributed by atoms with van der Waals surface area (Å²) in [5.41, 5.74) is 2.17. The minimum atomic E-state index is -4.53. The smallest absolute Gasteiger partial charge is 0.416 e. The number of nitrogens with one attached hydrogen (secondary N) is 1. The normalized spacial score (nSPS) is 11.5. The second kappa shape index (κ2) is 9.21. The molecular formula is C22H16F4N2O2. The number of hydrazone groups is 1. The number of hydrogen-bond acceptors (Lipinski definition) is 3. The van der Waals surface area contributed by atoms with Crippen LogP contribution in [0.1, 0.15) is 27.0 Å². The molecule has 0 fully saturated rings. The molecule has 0 heterocycles. The number of alkyl halides is 3. The molecule has 0 aliphatic heterocycles. The van der Waals surface area contributed by atoms with Crippen molar-refractivity contribution in [3.8, 4) is 5.75 Å². The first-order valence-electron chi connectivity index (χ1n) is 8.80. The number of amides is 1. The average molecular weight is 416 g/mol. The Hall–Kier alpha value is -3.68. The molecule has 8 heteroatoms. The molecule has 0 atom stereocenters. The van der Waals surface area contributed by atoms with Gasteiger partial charge in [0.1, 0.15) is 18.2 Å². The molecule has 0 bridgehead atoms. The molecule has 3 aromatic carbocycles. The Bertz CT molecular complexity index is 1050. The van der Waals surface area contributed by atoms with Crippen LogP contribution in [0.3, 0.4) is 0 Å². The van der Waals surface area contributed by atoms with Crippen LogP contribution in [0.25, 0.3) is 0 Å². The molecule has 1 N–H and O–H groups in total. The zero-order valence-corrected chi connectivity index (χ0v) is 15.5. The summed E-state index contributed by atoms with van der Waals surface area (Å²) in [5.74, 6) is -0.594. The molecule has 4 nitrogen and oxygen atoms in total. The maximum atomic E-state index is 13.6. The van der Waals surface area contributed by atoms with E-state index in [2.05, 4.69) is 10.5 Å². The van der Waals surface area contributed by atoms with Crippen LogP contribution in [0, 0.1) is 5.82 Å². The SMILES string of the molecule is O=C(N/N=C\c1ccc(OCc2ccccc2F)cc1)c1cccc(C(F)(F)F)c1. The van der Waals surface area contributed by atoms with Crippen LogP contribution in [-0.4, -0.2) is 12.1 Å². The van der Waals surface area contributed by atoms with Gasteiger partial charge in [0, 0.05) is 11.1 Å². The lowest BCUT2D eigenvalue weighted by molar-refractivity contribution is -0.137. The number of ether oxygens (including phenoxy) is 1. The van der Waals surface area contributed by atoms with Gasteiger partial charge in [0.2, 0.25) is 0 Å². The first-order valence-corrected chi connectivity index (χ1v) is 8.80. The van der Waals surface area contributed by atoms with Gasteiger partial charge < -0.3 is 4.74 Å². The molecular weight excluding hydrogens is 400 g/mol. The van der Waals surface area contributed by atoms with Crippen molar-refractivity contribution in [2.75, 3.05) is 0 Å². The summed E-state index contributed by atoms with van der Waals surface area (Å²) < 4.78 is 57.3. The quantitative estimate of drug-likeness (QED) is 0.342. The van der Waals surface area contributed by atoms with Crippen molar-refractivity contribution in [1.82, 2.24) is 5.43 Å². The molecule has 154 valence electrons. The third-order valence-corrected chi connectivity index (χ3v) is 4.06. The summed E-state index contributed by atoms with van der Waals surface area (Å²) in [5, 5.41) is 3.75. The molecule has 3 aromatic rings. The fraction of sp³-hybridized carbons (Fsp3) is 0.0909. The first-order chi connectivity index (χ1) is 14.3. The Balaban J connectivity index is 1.55. The lowest BCUT2D eigenvalue weighted by atomic mass is 10.1. The fourth-order valence-corrected chi connectivity index (χ4v) is 2.49. The number of carbonyl (C=O) groups is 1. The predicted molar refractivity (Wildman–Crippen MR) is 104 cm³/mol. The van der Waals surface area contributed by atoms with Gasteiger partial charge in [-0.25, -0.2) is 9.82 Å². The first kappa shape index (κ1) is 21.0. The fourth-order valence-electron chi connectivity index (χ4n) is 2.49. The minimum Gasteiger partial charge on any atom is -0.489 e. The molecule has 0 spiro atoms. The van der Waals surface area contributed by atoms with Crippen LogP contribution in [0.15, 0.2) is 77.9 Å². The summed E-state index contributed by atoms with van der Waals surface area (Å²) >= 11 is 0. The van der Waals surface area contributed by atoms with Gasteiger partial charge in [-0.3, -0.25) is 4.79 Å². The lowest BCUT2D eigenvalue weighted by Gasteiger charge is -2.08. The maximum Gasteiger partial charge on any atom is 0.416 e. The van der Waals surface area contributed by atoms with Crippen molar-refractivity contribution in [1.29, 1.82) is 0 Å². The van der Waals surface area contributed by atoms with E-state index in [4.69, 9.17) is 4.74 Å². The van der Waals surface area contributed by atoms with Gasteiger partial charge in [-0.1, -0.05) is 24.3 Å². The second-order valence-electron chi connectivity index (χ2n) is 6.23. The van der Waals surface area contributed by atoms with E-state index in [9.17, 15) is 22.4 Å². The number of rotatable bonds is 6. The Morgan fingerprint density at radius 3 is 2.43 bits per heavy atom. The molecule has 0 saturated heterocycles. The summed E-state index contributed by atoms with van der Waals surface area (Å²) in [6, 6.07) is 17.0. The van der Waals surface area contributed by atoms with Crippen molar-refractivity contribution < 1.29 is 27.1 Å². The van der Waals surface area contributed by atoms with E-state index in [0.29, 0.717) is 16.9 Å². The van der Waals surface area contributed by atoms with E-state index in [1.54, 1.807) is 42.5 Å². The number of benzene rings is 3. The highest BCUT2D eigenvalue weighted by Gasteiger charge is 2.30. The summed E-state index contributed by atoms with van der Waals surface area (Å²) in [4.78, 5) is 12.0. The van der Waals surface area contributed by atoms with Crippen LogP contribution < -0.4 is 10.2 Å². The topological polar surface area (TPSA) is 50.7 Å². The number of hydrogen-bond donors (Lipinski definition) is 1. The van der Waals surface area contributed by atoms with Gasteiger partial charge in [0.25, 0.3) is 5.91 Å². The van der Waals surface area contributed by atoms with Crippen LogP contribution in [0.5, 0.6) is 5.75 Å². The van der Waals surface area contributed by atoms with Crippen molar-refractivity contribution in [3.05, 3.63) is 101 Å². The van der Waals surface area contributed by atoms with Gasteiger partial charge >= 0.3 is 6.18 Å². The molecule has 0 unspecified atom stereocenters. The Morgan fingerprint density at radius 2 is 1.73 bits per heavy atom. The number of halogens is 4. The van der Waals surface area contributed by atoms with E-state index >= 15 is 0 Å². The standard InChI is InChI=1S/C22H16F4N2O2/c23-20-7-2-1-4-17(20)14-30-19-10-8-15(9-11-19)13-27-28-21(29)16-5-3-6-18(12-16)22(24,25)26/h1-13H,14H2,(H,28,29)/b27-13-. The second-order valence-corrected chi connectivity index (χ2v) is 6.23. The van der Waals surface area contributed by atoms with Gasteiger partial charge in [-0.05, 0) is 54.1 Å². The largest absolute Gasteiger partial charge is 0.489 e. The third-order valence-electron chi connectivity index (χ3n) is 4.06. The molecule has 0 aromatic heterocycles. The highest BCUT2D eigenvalue weighted by atomic mass is 19.4. The van der Waals surface area contributed by atoms with Gasteiger partial charge in [-0.2, -0.15) is 18.3 Å².